The minimum atomic E-state index is -0.826. The Bertz CT molecular complexity index is 350. The van der Waals surface area contributed by atoms with Gasteiger partial charge in [-0.3, -0.25) is 9.59 Å². The van der Waals surface area contributed by atoms with Crippen LogP contribution in [0.15, 0.2) is 0 Å². The predicted octanol–water partition coefficient (Wildman–Crippen LogP) is 1.90. The summed E-state index contributed by atoms with van der Waals surface area (Å²) in [6, 6.07) is 0. The van der Waals surface area contributed by atoms with Crippen LogP contribution in [0.25, 0.3) is 0 Å². The first-order chi connectivity index (χ1) is 9.58. The van der Waals surface area contributed by atoms with E-state index in [1.54, 1.807) is 0 Å². The molecule has 0 aromatic carbocycles. The lowest BCUT2D eigenvalue weighted by Crippen LogP contribution is -2.44. The third-order valence-electron chi connectivity index (χ3n) is 4.60. The van der Waals surface area contributed by atoms with Crippen LogP contribution in [0.5, 0.6) is 0 Å². The molecule has 0 radical (unpaired) electrons. The number of carbonyl (C=O) groups excluding carboxylic acids is 1. The molecular weight excluding hydrogens is 258 g/mol. The summed E-state index contributed by atoms with van der Waals surface area (Å²) >= 11 is 0. The number of rotatable bonds is 5. The van der Waals surface area contributed by atoms with Gasteiger partial charge in [-0.1, -0.05) is 13.3 Å². The van der Waals surface area contributed by atoms with Crippen molar-refractivity contribution in [3.8, 4) is 0 Å². The second-order valence-electron chi connectivity index (χ2n) is 6.05. The summed E-state index contributed by atoms with van der Waals surface area (Å²) in [5, 5.41) is 8.57. The van der Waals surface area contributed by atoms with E-state index >= 15 is 0 Å². The van der Waals surface area contributed by atoms with Crippen LogP contribution in [0, 0.1) is 11.8 Å². The monoisotopic (exact) mass is 283 g/mol. The van der Waals surface area contributed by atoms with E-state index < -0.39 is 5.97 Å². The molecule has 5 heteroatoms. The molecule has 2 unspecified atom stereocenters. The van der Waals surface area contributed by atoms with Crippen molar-refractivity contribution in [3.05, 3.63) is 0 Å². The fourth-order valence-corrected chi connectivity index (χ4v) is 3.30. The van der Waals surface area contributed by atoms with Crippen molar-refractivity contribution in [1.82, 2.24) is 4.90 Å². The van der Waals surface area contributed by atoms with Gasteiger partial charge in [0, 0.05) is 19.0 Å². The van der Waals surface area contributed by atoms with E-state index in [1.807, 2.05) is 4.90 Å². The molecule has 1 heterocycles. The summed E-state index contributed by atoms with van der Waals surface area (Å²) in [6.07, 6.45) is 5.20. The van der Waals surface area contributed by atoms with Gasteiger partial charge in [-0.15, -0.1) is 0 Å². The highest BCUT2D eigenvalue weighted by Gasteiger charge is 2.34. The van der Waals surface area contributed by atoms with Gasteiger partial charge < -0.3 is 14.7 Å². The molecule has 1 aliphatic carbocycles. The quantitative estimate of drug-likeness (QED) is 0.837. The van der Waals surface area contributed by atoms with Crippen LogP contribution in [-0.4, -0.2) is 47.7 Å². The van der Waals surface area contributed by atoms with E-state index in [0.29, 0.717) is 11.8 Å². The number of nitrogens with zero attached hydrogens (tertiary/aromatic N) is 1. The molecule has 0 spiro atoms. The van der Waals surface area contributed by atoms with Crippen LogP contribution in [0.4, 0.5) is 0 Å². The molecule has 2 atom stereocenters. The van der Waals surface area contributed by atoms with Crippen LogP contribution in [0.1, 0.15) is 45.4 Å². The summed E-state index contributed by atoms with van der Waals surface area (Å²) < 4.78 is 5.55. The van der Waals surface area contributed by atoms with Gasteiger partial charge in [-0.2, -0.15) is 0 Å². The van der Waals surface area contributed by atoms with Crippen LogP contribution < -0.4 is 0 Å². The standard InChI is InChI=1S/C15H25NO4/c1-11-3-2-4-13(11)15(19)16-8-5-12(6-9-16)20-10-7-14(17)18/h11-13H,2-10H2,1H3,(H,17,18). The van der Waals surface area contributed by atoms with Crippen LogP contribution >= 0.6 is 0 Å². The molecule has 114 valence electrons. The normalized spacial score (nSPS) is 27.8. The number of likely N-dealkylation sites (tertiary alicyclic amines) is 1. The predicted molar refractivity (Wildman–Crippen MR) is 74.3 cm³/mol. The molecule has 1 aliphatic heterocycles. The lowest BCUT2D eigenvalue weighted by molar-refractivity contribution is -0.140. The van der Waals surface area contributed by atoms with Gasteiger partial charge >= 0.3 is 5.97 Å². The summed E-state index contributed by atoms with van der Waals surface area (Å²) in [5.74, 6) is 0.235. The molecule has 20 heavy (non-hydrogen) atoms. The fourth-order valence-electron chi connectivity index (χ4n) is 3.30. The fraction of sp³-hybridized carbons (Fsp3) is 0.867. The summed E-state index contributed by atoms with van der Waals surface area (Å²) in [7, 11) is 0. The van der Waals surface area contributed by atoms with E-state index in [-0.39, 0.29) is 25.0 Å². The van der Waals surface area contributed by atoms with Crippen molar-refractivity contribution in [2.45, 2.75) is 51.6 Å². The van der Waals surface area contributed by atoms with E-state index in [9.17, 15) is 9.59 Å². The summed E-state index contributed by atoms with van der Waals surface area (Å²) in [6.45, 7) is 3.95. The van der Waals surface area contributed by atoms with Gasteiger partial charge in [0.05, 0.1) is 19.1 Å². The maximum Gasteiger partial charge on any atom is 0.305 e. The molecule has 1 saturated carbocycles. The highest BCUT2D eigenvalue weighted by atomic mass is 16.5. The molecule has 5 nitrogen and oxygen atoms in total. The average Bonchev–Trinajstić information content (AvgIpc) is 2.84. The van der Waals surface area contributed by atoms with E-state index in [2.05, 4.69) is 6.92 Å². The van der Waals surface area contributed by atoms with Crippen molar-refractivity contribution in [2.75, 3.05) is 19.7 Å². The molecule has 2 rings (SSSR count). The maximum atomic E-state index is 12.4. The first kappa shape index (κ1) is 15.3. The van der Waals surface area contributed by atoms with Gasteiger partial charge in [-0.25, -0.2) is 0 Å². The first-order valence-electron chi connectivity index (χ1n) is 7.70. The number of aliphatic carboxylic acids is 1. The Morgan fingerprint density at radius 1 is 1.20 bits per heavy atom. The molecule has 2 aliphatic rings. The zero-order valence-electron chi connectivity index (χ0n) is 12.2. The lowest BCUT2D eigenvalue weighted by atomic mass is 9.95. The number of amides is 1. The third-order valence-corrected chi connectivity index (χ3v) is 4.60. The molecular formula is C15H25NO4. The van der Waals surface area contributed by atoms with Crippen molar-refractivity contribution in [3.63, 3.8) is 0 Å². The van der Waals surface area contributed by atoms with Crippen molar-refractivity contribution >= 4 is 11.9 Å². The highest BCUT2D eigenvalue weighted by molar-refractivity contribution is 5.79. The van der Waals surface area contributed by atoms with Crippen LogP contribution in [-0.2, 0) is 14.3 Å². The number of carboxylic acids is 1. The molecule has 1 N–H and O–H groups in total. The highest BCUT2D eigenvalue weighted by Crippen LogP contribution is 2.33. The topological polar surface area (TPSA) is 66.8 Å². The van der Waals surface area contributed by atoms with Crippen molar-refractivity contribution in [2.24, 2.45) is 11.8 Å². The Morgan fingerprint density at radius 2 is 1.90 bits per heavy atom. The number of carbonyl (C=O) groups is 2. The Hall–Kier alpha value is -1.10. The second-order valence-corrected chi connectivity index (χ2v) is 6.05. The maximum absolute atomic E-state index is 12.4. The molecule has 0 aromatic heterocycles. The second kappa shape index (κ2) is 7.07. The van der Waals surface area contributed by atoms with Crippen molar-refractivity contribution in [1.29, 1.82) is 0 Å². The number of piperidine rings is 1. The zero-order chi connectivity index (χ0) is 14.5. The molecule has 1 saturated heterocycles. The smallest absolute Gasteiger partial charge is 0.305 e. The number of hydrogen-bond donors (Lipinski definition) is 1. The summed E-state index contributed by atoms with van der Waals surface area (Å²) in [5.41, 5.74) is 0. The van der Waals surface area contributed by atoms with E-state index in [1.165, 1.54) is 12.8 Å². The first-order valence-corrected chi connectivity index (χ1v) is 7.70. The minimum Gasteiger partial charge on any atom is -0.481 e. The Labute approximate surface area is 120 Å². The summed E-state index contributed by atoms with van der Waals surface area (Å²) in [4.78, 5) is 24.8. The van der Waals surface area contributed by atoms with Crippen LogP contribution in [0.3, 0.4) is 0 Å². The van der Waals surface area contributed by atoms with Gasteiger partial charge in [-0.05, 0) is 31.6 Å². The third kappa shape index (κ3) is 3.95. The molecule has 0 aromatic rings. The molecule has 0 bridgehead atoms. The van der Waals surface area contributed by atoms with E-state index in [0.717, 1.165) is 32.4 Å². The Balaban J connectivity index is 1.71. The lowest BCUT2D eigenvalue weighted by Gasteiger charge is -2.34. The number of carboxylic acid groups (broad SMARTS) is 1. The van der Waals surface area contributed by atoms with Crippen molar-refractivity contribution < 1.29 is 19.4 Å². The Kier molecular flexibility index (Phi) is 5.40. The Morgan fingerprint density at radius 3 is 2.45 bits per heavy atom. The van der Waals surface area contributed by atoms with Gasteiger partial charge in [0.1, 0.15) is 0 Å². The average molecular weight is 283 g/mol. The number of hydrogen-bond acceptors (Lipinski definition) is 3. The van der Waals surface area contributed by atoms with Gasteiger partial charge in [0.2, 0.25) is 5.91 Å². The minimum absolute atomic E-state index is 0.0543. The van der Waals surface area contributed by atoms with E-state index in [4.69, 9.17) is 9.84 Å². The number of ether oxygens (including phenoxy) is 1. The van der Waals surface area contributed by atoms with Crippen LogP contribution in [0.2, 0.25) is 0 Å². The van der Waals surface area contributed by atoms with Gasteiger partial charge in [0.25, 0.3) is 0 Å². The SMILES string of the molecule is CC1CCCC1C(=O)N1CCC(OCCC(=O)O)CC1. The molecule has 2 fully saturated rings. The largest absolute Gasteiger partial charge is 0.481 e. The van der Waals surface area contributed by atoms with Gasteiger partial charge in [0.15, 0.2) is 0 Å². The molecule has 1 amide bonds. The zero-order valence-corrected chi connectivity index (χ0v) is 12.2.